The number of hydrogen-bond acceptors (Lipinski definition) is 3. The smallest absolute Gasteiger partial charge is 0.160 e. The summed E-state index contributed by atoms with van der Waals surface area (Å²) in [7, 11) is 0. The van der Waals surface area contributed by atoms with Crippen molar-refractivity contribution in [1.82, 2.24) is 9.97 Å². The molecule has 0 bridgehead atoms. The monoisotopic (exact) mass is 277 g/mol. The maximum absolute atomic E-state index is 12.7. The molecule has 0 amide bonds. The number of nitrogens with zero attached hydrogens (tertiary/aromatic N) is 3. The van der Waals surface area contributed by atoms with Gasteiger partial charge >= 0.3 is 0 Å². The van der Waals surface area contributed by atoms with E-state index in [1.54, 1.807) is 12.1 Å². The van der Waals surface area contributed by atoms with Crippen LogP contribution >= 0.6 is 11.6 Å². The highest BCUT2D eigenvalue weighted by molar-refractivity contribution is 6.30. The van der Waals surface area contributed by atoms with Crippen molar-refractivity contribution in [3.8, 4) is 17.5 Å². The van der Waals surface area contributed by atoms with Gasteiger partial charge in [-0.05, 0) is 24.3 Å². The molecular weight excluding hydrogens is 265 g/mol. The second kappa shape index (κ2) is 7.45. The fourth-order valence-electron chi connectivity index (χ4n) is 1.17. The van der Waals surface area contributed by atoms with Gasteiger partial charge in [0.05, 0.1) is 6.20 Å². The van der Waals surface area contributed by atoms with Crippen LogP contribution in [0.5, 0.6) is 0 Å². The minimum atomic E-state index is -0.330. The van der Waals surface area contributed by atoms with E-state index in [0.717, 1.165) is 0 Å². The van der Waals surface area contributed by atoms with Crippen LogP contribution in [0.1, 0.15) is 25.8 Å². The predicted molar refractivity (Wildman–Crippen MR) is 73.1 cm³/mol. The second-order valence-electron chi connectivity index (χ2n) is 3.72. The Balaban J connectivity index is 0.000000550. The first-order valence-corrected chi connectivity index (χ1v) is 6.18. The standard InChI is InChI=1S/C11H5ClFN3.C3H8/c12-10-8(5-14)6-15-11(16-10)7-1-3-9(13)4-2-7;1-3-2/h1-4,6H;3H2,1-2H3. The minimum absolute atomic E-state index is 0.0943. The Hall–Kier alpha value is -1.99. The predicted octanol–water partition coefficient (Wildman–Crippen LogP) is 4.22. The normalized spacial score (nSPS) is 9.21. The molecule has 0 saturated carbocycles. The van der Waals surface area contributed by atoms with Crippen LogP contribution in [0.15, 0.2) is 30.5 Å². The summed E-state index contributed by atoms with van der Waals surface area (Å²) in [6, 6.07) is 7.58. The van der Waals surface area contributed by atoms with Gasteiger partial charge in [0, 0.05) is 5.56 Å². The highest BCUT2D eigenvalue weighted by Crippen LogP contribution is 2.18. The molecule has 0 N–H and O–H groups in total. The second-order valence-corrected chi connectivity index (χ2v) is 4.08. The van der Waals surface area contributed by atoms with E-state index in [2.05, 4.69) is 23.8 Å². The zero-order chi connectivity index (χ0) is 14.3. The van der Waals surface area contributed by atoms with Crippen molar-refractivity contribution in [3.05, 3.63) is 47.0 Å². The summed E-state index contributed by atoms with van der Waals surface area (Å²) in [6.45, 7) is 4.25. The highest BCUT2D eigenvalue weighted by Gasteiger charge is 2.06. The lowest BCUT2D eigenvalue weighted by Crippen LogP contribution is -1.92. The highest BCUT2D eigenvalue weighted by atomic mass is 35.5. The third-order valence-corrected chi connectivity index (χ3v) is 2.25. The fourth-order valence-corrected chi connectivity index (χ4v) is 1.35. The summed E-state index contributed by atoms with van der Waals surface area (Å²) in [5.74, 6) is 0.0347. The van der Waals surface area contributed by atoms with Crippen LogP contribution in [0, 0.1) is 17.1 Å². The van der Waals surface area contributed by atoms with Crippen molar-refractivity contribution in [2.75, 3.05) is 0 Å². The van der Waals surface area contributed by atoms with Gasteiger partial charge in [0.15, 0.2) is 11.0 Å². The lowest BCUT2D eigenvalue weighted by Gasteiger charge is -2.00. The lowest BCUT2D eigenvalue weighted by molar-refractivity contribution is 0.628. The maximum atomic E-state index is 12.7. The topological polar surface area (TPSA) is 49.6 Å². The lowest BCUT2D eigenvalue weighted by atomic mass is 10.2. The molecule has 1 aromatic heterocycles. The van der Waals surface area contributed by atoms with Gasteiger partial charge in [-0.2, -0.15) is 5.26 Å². The molecule has 0 aliphatic carbocycles. The van der Waals surface area contributed by atoms with E-state index in [9.17, 15) is 4.39 Å². The molecule has 0 spiro atoms. The van der Waals surface area contributed by atoms with Crippen molar-refractivity contribution in [2.45, 2.75) is 20.3 Å². The summed E-state index contributed by atoms with van der Waals surface area (Å²) in [4.78, 5) is 7.92. The first-order chi connectivity index (χ1) is 9.12. The molecule has 2 rings (SSSR count). The SMILES string of the molecule is CCC.N#Cc1cnc(-c2ccc(F)cc2)nc1Cl. The number of aromatic nitrogens is 2. The molecule has 3 nitrogen and oxygen atoms in total. The molecule has 0 aliphatic heterocycles. The van der Waals surface area contributed by atoms with Crippen molar-refractivity contribution >= 4 is 11.6 Å². The molecule has 0 unspecified atom stereocenters. The summed E-state index contributed by atoms with van der Waals surface area (Å²) in [5, 5.41) is 8.75. The third kappa shape index (κ3) is 4.31. The first-order valence-electron chi connectivity index (χ1n) is 5.80. The maximum Gasteiger partial charge on any atom is 0.160 e. The van der Waals surface area contributed by atoms with Crippen LogP contribution in [0.25, 0.3) is 11.4 Å². The Morgan fingerprint density at radius 2 is 1.84 bits per heavy atom. The summed E-state index contributed by atoms with van der Waals surface area (Å²) < 4.78 is 12.7. The van der Waals surface area contributed by atoms with Gasteiger partial charge in [0.25, 0.3) is 0 Å². The van der Waals surface area contributed by atoms with Crippen LogP contribution in [-0.2, 0) is 0 Å². The van der Waals surface area contributed by atoms with Gasteiger partial charge < -0.3 is 0 Å². The Kier molecular flexibility index (Phi) is 5.91. The molecule has 98 valence electrons. The zero-order valence-corrected chi connectivity index (χ0v) is 11.4. The summed E-state index contributed by atoms with van der Waals surface area (Å²) >= 11 is 5.76. The van der Waals surface area contributed by atoms with E-state index in [4.69, 9.17) is 16.9 Å². The average Bonchev–Trinajstić information content (AvgIpc) is 2.40. The van der Waals surface area contributed by atoms with Gasteiger partial charge in [-0.15, -0.1) is 0 Å². The Bertz CT molecular complexity index is 576. The van der Waals surface area contributed by atoms with Crippen LogP contribution in [-0.4, -0.2) is 9.97 Å². The van der Waals surface area contributed by atoms with Crippen LogP contribution in [0.2, 0.25) is 5.15 Å². The molecule has 5 heteroatoms. The molecule has 0 fully saturated rings. The zero-order valence-electron chi connectivity index (χ0n) is 10.7. The molecule has 0 aliphatic rings. The first kappa shape index (κ1) is 15.1. The van der Waals surface area contributed by atoms with E-state index in [1.807, 2.05) is 6.07 Å². The third-order valence-electron chi connectivity index (χ3n) is 1.97. The molecule has 0 saturated heterocycles. The van der Waals surface area contributed by atoms with Gasteiger partial charge in [0.1, 0.15) is 17.4 Å². The Labute approximate surface area is 116 Å². The molecule has 0 atom stereocenters. The minimum Gasteiger partial charge on any atom is -0.235 e. The van der Waals surface area contributed by atoms with Gasteiger partial charge in [-0.25, -0.2) is 14.4 Å². The average molecular weight is 278 g/mol. The summed E-state index contributed by atoms with van der Waals surface area (Å²) in [5.41, 5.74) is 0.861. The molecule has 0 radical (unpaired) electrons. The molecule has 2 aromatic rings. The van der Waals surface area contributed by atoms with Crippen molar-refractivity contribution in [2.24, 2.45) is 0 Å². The molecular formula is C14H13ClFN3. The van der Waals surface area contributed by atoms with Crippen LogP contribution < -0.4 is 0 Å². The number of nitriles is 1. The number of hydrogen-bond donors (Lipinski definition) is 0. The molecule has 1 aromatic carbocycles. The Morgan fingerprint density at radius 1 is 1.26 bits per heavy atom. The van der Waals surface area contributed by atoms with Crippen molar-refractivity contribution < 1.29 is 4.39 Å². The van der Waals surface area contributed by atoms with Gasteiger partial charge in [0.2, 0.25) is 0 Å². The van der Waals surface area contributed by atoms with E-state index in [-0.39, 0.29) is 16.5 Å². The van der Waals surface area contributed by atoms with Gasteiger partial charge in [-0.1, -0.05) is 31.9 Å². The number of rotatable bonds is 1. The number of benzene rings is 1. The summed E-state index contributed by atoms with van der Waals surface area (Å²) in [6.07, 6.45) is 2.59. The quantitative estimate of drug-likeness (QED) is 0.733. The van der Waals surface area contributed by atoms with Crippen LogP contribution in [0.3, 0.4) is 0 Å². The van der Waals surface area contributed by atoms with E-state index < -0.39 is 0 Å². The Morgan fingerprint density at radius 3 is 2.32 bits per heavy atom. The fraction of sp³-hybridized carbons (Fsp3) is 0.214. The van der Waals surface area contributed by atoms with E-state index in [0.29, 0.717) is 11.4 Å². The van der Waals surface area contributed by atoms with Gasteiger partial charge in [-0.3, -0.25) is 0 Å². The van der Waals surface area contributed by atoms with Crippen molar-refractivity contribution in [1.29, 1.82) is 5.26 Å². The molecule has 19 heavy (non-hydrogen) atoms. The van der Waals surface area contributed by atoms with Crippen molar-refractivity contribution in [3.63, 3.8) is 0 Å². The number of halogens is 2. The van der Waals surface area contributed by atoms with E-state index in [1.165, 1.54) is 24.8 Å². The van der Waals surface area contributed by atoms with Crippen LogP contribution in [0.4, 0.5) is 4.39 Å². The van der Waals surface area contributed by atoms with E-state index >= 15 is 0 Å². The molecule has 1 heterocycles. The largest absolute Gasteiger partial charge is 0.235 e.